The van der Waals surface area contributed by atoms with Crippen LogP contribution in [-0.2, 0) is 10.0 Å². The van der Waals surface area contributed by atoms with Gasteiger partial charge in [-0.15, -0.1) is 0 Å². The number of anilines is 1. The number of piperazine rings is 1. The van der Waals surface area contributed by atoms with Crippen LogP contribution in [0.5, 0.6) is 17.4 Å². The lowest BCUT2D eigenvalue weighted by Crippen LogP contribution is -2.47. The molecule has 2 aromatic heterocycles. The zero-order valence-corrected chi connectivity index (χ0v) is 34.2. The number of carbonyl (C=O) groups excluding carboxylic acids is 1. The topological polar surface area (TPSA) is 130 Å². The van der Waals surface area contributed by atoms with Crippen molar-refractivity contribution in [1.29, 1.82) is 0 Å². The summed E-state index contributed by atoms with van der Waals surface area (Å²) in [6.45, 7) is 8.31. The molecule has 0 radical (unpaired) electrons. The number of allylic oxidation sites excluding steroid dienone is 1. The van der Waals surface area contributed by atoms with Crippen molar-refractivity contribution in [3.05, 3.63) is 106 Å². The lowest BCUT2D eigenvalue weighted by atomic mass is 9.72. The maximum atomic E-state index is 13.8. The second-order valence-electron chi connectivity index (χ2n) is 15.9. The summed E-state index contributed by atoms with van der Waals surface area (Å²) >= 11 is 12.4. The molecule has 1 unspecified atom stereocenters. The molecule has 1 saturated heterocycles. The Morgan fingerprint density at radius 3 is 2.48 bits per heavy atom. The molecule has 3 aromatic carbocycles. The highest BCUT2D eigenvalue weighted by atomic mass is 35.5. The molecule has 16 heteroatoms. The lowest BCUT2D eigenvalue weighted by Gasteiger charge is -2.39. The van der Waals surface area contributed by atoms with E-state index in [-0.39, 0.29) is 40.7 Å². The predicted octanol–water partition coefficient (Wildman–Crippen LogP) is 9.00. The van der Waals surface area contributed by atoms with E-state index in [1.807, 2.05) is 18.2 Å². The van der Waals surface area contributed by atoms with Crippen molar-refractivity contribution in [2.45, 2.75) is 50.3 Å². The van der Waals surface area contributed by atoms with Crippen LogP contribution >= 0.6 is 23.2 Å². The highest BCUT2D eigenvalue weighted by Gasteiger charge is 2.57. The first kappa shape index (κ1) is 40.0. The Hall–Kier alpha value is -4.76. The number of rotatable bonds is 12. The summed E-state index contributed by atoms with van der Waals surface area (Å²) in [4.78, 5) is 22.0. The Morgan fingerprint density at radius 1 is 1.00 bits per heavy atom. The van der Waals surface area contributed by atoms with Crippen molar-refractivity contribution in [1.82, 2.24) is 24.8 Å². The van der Waals surface area contributed by atoms with E-state index in [2.05, 4.69) is 55.7 Å². The van der Waals surface area contributed by atoms with Crippen LogP contribution in [0.4, 0.5) is 14.5 Å². The summed E-state index contributed by atoms with van der Waals surface area (Å²) in [6.07, 6.45) is 5.45. The first-order chi connectivity index (χ1) is 27.6. The van der Waals surface area contributed by atoms with E-state index in [1.165, 1.54) is 16.7 Å². The second-order valence-corrected chi connectivity index (χ2v) is 18.5. The van der Waals surface area contributed by atoms with E-state index in [4.69, 9.17) is 32.7 Å². The van der Waals surface area contributed by atoms with E-state index in [0.717, 1.165) is 80.5 Å². The van der Waals surface area contributed by atoms with Gasteiger partial charge < -0.3 is 14.4 Å². The molecule has 5 aromatic rings. The number of nitrogens with one attached hydrogen (secondary N) is 2. The predicted molar refractivity (Wildman–Crippen MR) is 220 cm³/mol. The average Bonchev–Trinajstić information content (AvgIpc) is 3.52. The van der Waals surface area contributed by atoms with Gasteiger partial charge in [-0.3, -0.25) is 14.8 Å². The van der Waals surface area contributed by atoms with Gasteiger partial charge >= 0.3 is 0 Å². The van der Waals surface area contributed by atoms with Crippen LogP contribution in [0.3, 0.4) is 0 Å². The molecule has 1 amide bonds. The van der Waals surface area contributed by atoms with Crippen molar-refractivity contribution < 1.29 is 31.5 Å². The lowest BCUT2D eigenvalue weighted by molar-refractivity contribution is 0.0849. The number of carbonyl (C=O) groups is 1. The molecule has 1 saturated carbocycles. The molecule has 0 spiro atoms. The zero-order valence-electron chi connectivity index (χ0n) is 31.9. The molecule has 58 heavy (non-hydrogen) atoms. The molecular formula is C42H42Cl2F2N6O5S. The quantitative estimate of drug-likeness (QED) is 0.126. The van der Waals surface area contributed by atoms with Gasteiger partial charge in [0.05, 0.1) is 41.4 Å². The number of alkyl halides is 2. The largest absolute Gasteiger partial charge is 0.476 e. The number of hydrogen-bond acceptors (Lipinski definition) is 9. The Morgan fingerprint density at radius 2 is 1.76 bits per heavy atom. The molecule has 2 N–H and O–H groups in total. The number of H-pyrrole nitrogens is 1. The van der Waals surface area contributed by atoms with Gasteiger partial charge in [0.2, 0.25) is 5.88 Å². The number of pyridine rings is 1. The first-order valence-electron chi connectivity index (χ1n) is 19.1. The number of hydrogen-bond donors (Lipinski definition) is 2. The van der Waals surface area contributed by atoms with Crippen LogP contribution in [0.2, 0.25) is 10.0 Å². The summed E-state index contributed by atoms with van der Waals surface area (Å²) < 4.78 is 67.3. The second kappa shape index (κ2) is 15.8. The van der Waals surface area contributed by atoms with Gasteiger partial charge in [0.1, 0.15) is 21.4 Å². The number of benzene rings is 3. The van der Waals surface area contributed by atoms with E-state index < -0.39 is 32.7 Å². The summed E-state index contributed by atoms with van der Waals surface area (Å²) in [7, 11) is -4.50. The fraction of sp³-hybridized carbons (Fsp3) is 0.357. The van der Waals surface area contributed by atoms with Crippen LogP contribution in [0, 0.1) is 11.3 Å². The fourth-order valence-electron chi connectivity index (χ4n) is 7.55. The summed E-state index contributed by atoms with van der Waals surface area (Å²) in [5.41, 5.74) is 5.82. The molecule has 3 aliphatic rings. The van der Waals surface area contributed by atoms with E-state index in [1.54, 1.807) is 36.5 Å². The number of amides is 1. The van der Waals surface area contributed by atoms with Gasteiger partial charge in [-0.2, -0.15) is 5.10 Å². The number of halogens is 4. The first-order valence-corrected chi connectivity index (χ1v) is 21.3. The van der Waals surface area contributed by atoms with Crippen molar-refractivity contribution in [2.24, 2.45) is 11.3 Å². The molecule has 304 valence electrons. The number of fused-ring (bicyclic) bond motifs is 1. The smallest absolute Gasteiger partial charge is 0.268 e. The minimum atomic E-state index is -4.50. The molecular weight excluding hydrogens is 809 g/mol. The monoisotopic (exact) mass is 850 g/mol. The molecule has 2 fully saturated rings. The molecule has 1 aliphatic heterocycles. The molecule has 2 aliphatic carbocycles. The van der Waals surface area contributed by atoms with Crippen LogP contribution in [-0.4, -0.2) is 79.7 Å². The van der Waals surface area contributed by atoms with Crippen molar-refractivity contribution >= 4 is 61.3 Å². The molecule has 1 atom stereocenters. The van der Waals surface area contributed by atoms with Gasteiger partial charge in [0.15, 0.2) is 0 Å². The average molecular weight is 852 g/mol. The maximum absolute atomic E-state index is 13.8. The minimum absolute atomic E-state index is 0.0299. The van der Waals surface area contributed by atoms with Gasteiger partial charge in [-0.25, -0.2) is 26.9 Å². The number of aromatic amines is 1. The highest BCUT2D eigenvalue weighted by Crippen LogP contribution is 2.49. The Labute approximate surface area is 345 Å². The summed E-state index contributed by atoms with van der Waals surface area (Å²) in [5, 5.41) is 8.21. The van der Waals surface area contributed by atoms with Gasteiger partial charge in [-0.1, -0.05) is 60.8 Å². The highest BCUT2D eigenvalue weighted by molar-refractivity contribution is 7.90. The van der Waals surface area contributed by atoms with E-state index in [0.29, 0.717) is 11.1 Å². The van der Waals surface area contributed by atoms with Crippen LogP contribution < -0.4 is 19.1 Å². The minimum Gasteiger partial charge on any atom is -0.476 e. The Kier molecular flexibility index (Phi) is 10.9. The summed E-state index contributed by atoms with van der Waals surface area (Å²) in [6, 6.07) is 19.6. The number of aromatic nitrogens is 3. The molecule has 0 bridgehead atoms. The number of sulfonamides is 1. The van der Waals surface area contributed by atoms with Gasteiger partial charge in [0.25, 0.3) is 21.9 Å². The zero-order chi connectivity index (χ0) is 40.8. The van der Waals surface area contributed by atoms with Gasteiger partial charge in [0, 0.05) is 55.9 Å². The third kappa shape index (κ3) is 8.80. The van der Waals surface area contributed by atoms with Crippen molar-refractivity contribution in [3.63, 3.8) is 0 Å². The van der Waals surface area contributed by atoms with Gasteiger partial charge in [-0.05, 0) is 78.3 Å². The fourth-order valence-corrected chi connectivity index (χ4v) is 8.90. The molecule has 3 heterocycles. The number of ether oxygens (including phenoxy) is 2. The van der Waals surface area contributed by atoms with Crippen LogP contribution in [0.15, 0.2) is 89.6 Å². The third-order valence-corrected chi connectivity index (χ3v) is 12.9. The third-order valence-electron chi connectivity index (χ3n) is 11.1. The standard InChI is InChI=1S/C42H42Cl2F2N6O5S/c1-41(2)13-12-27(33(21-41)26-6-8-29(43)9-7-26)24-51-14-16-52(17-15-51)30-10-11-32(38(18-30)57-37-5-3-4-36-34(37)23-48-49-36)39(53)50-58(54,55)31-19-35(44)40(47-22-31)56-25-28-20-42(28,45)46/h3-11,18-19,22-23,28H,12-17,20-21,24-25H2,1-2H3,(H,48,49)(H,50,53). The molecule has 11 nitrogen and oxygen atoms in total. The number of nitrogens with zero attached hydrogens (tertiary/aromatic N) is 4. The normalized spacial score (nSPS) is 19.3. The van der Waals surface area contributed by atoms with E-state index >= 15 is 0 Å². The SMILES string of the molecule is CC1(C)CCC(CN2CCN(c3ccc(C(=O)NS(=O)(=O)c4cnc(OCC5CC5(F)F)c(Cl)c4)c(Oc4cccc5[nH]ncc45)c3)CC2)=C(c2ccc(Cl)cc2)C1. The van der Waals surface area contributed by atoms with Crippen LogP contribution in [0.25, 0.3) is 16.5 Å². The summed E-state index contributed by atoms with van der Waals surface area (Å²) in [5.74, 6) is -4.32. The molecule has 8 rings (SSSR count). The Bertz CT molecular complexity index is 2510. The van der Waals surface area contributed by atoms with Crippen LogP contribution in [0.1, 0.15) is 55.5 Å². The maximum Gasteiger partial charge on any atom is 0.268 e. The van der Waals surface area contributed by atoms with E-state index in [9.17, 15) is 22.0 Å². The van der Waals surface area contributed by atoms with Crippen molar-refractivity contribution in [3.8, 4) is 17.4 Å². The Balaban J connectivity index is 1.00. The van der Waals surface area contributed by atoms with Crippen molar-refractivity contribution in [2.75, 3.05) is 44.2 Å².